The molecule has 4 rings (SSSR count). The Hall–Kier alpha value is -2.44. The normalized spacial score (nSPS) is 39.5. The van der Waals surface area contributed by atoms with Crippen LogP contribution in [0.4, 0.5) is 0 Å². The summed E-state index contributed by atoms with van der Waals surface area (Å²) in [6, 6.07) is 9.66. The smallest absolute Gasteiger partial charge is 0.306 e. The summed E-state index contributed by atoms with van der Waals surface area (Å²) < 4.78 is 6.14. The predicted octanol–water partition coefficient (Wildman–Crippen LogP) is 3.72. The van der Waals surface area contributed by atoms with Gasteiger partial charge in [-0.1, -0.05) is 75.8 Å². The highest BCUT2D eigenvalue weighted by molar-refractivity contribution is 5.92. The molecule has 0 unspecified atom stereocenters. The van der Waals surface area contributed by atoms with Crippen molar-refractivity contribution in [3.05, 3.63) is 60.2 Å². The molecule has 2 fully saturated rings. The van der Waals surface area contributed by atoms with Gasteiger partial charge in [0.15, 0.2) is 0 Å². The summed E-state index contributed by atoms with van der Waals surface area (Å²) in [5.74, 6) is -1.80. The summed E-state index contributed by atoms with van der Waals surface area (Å²) in [7, 11) is 0. The number of carbonyl (C=O) groups excluding carboxylic acids is 2. The molecule has 1 saturated carbocycles. The third-order valence-electron chi connectivity index (χ3n) is 8.32. The number of rotatable bonds is 2. The van der Waals surface area contributed by atoms with Gasteiger partial charge >= 0.3 is 5.97 Å². The van der Waals surface area contributed by atoms with Gasteiger partial charge in [0.05, 0.1) is 18.1 Å². The number of benzene rings is 1. The molecule has 3 aliphatic rings. The molecule has 8 atom stereocenters. The molecule has 0 radical (unpaired) electrons. The van der Waals surface area contributed by atoms with Crippen LogP contribution in [0.25, 0.3) is 0 Å². The molecular weight excluding hydrogens is 442 g/mol. The van der Waals surface area contributed by atoms with Crippen LogP contribution >= 0.6 is 0 Å². The van der Waals surface area contributed by atoms with Crippen molar-refractivity contribution in [2.24, 2.45) is 23.7 Å². The Morgan fingerprint density at radius 1 is 1.11 bits per heavy atom. The lowest BCUT2D eigenvalue weighted by Crippen LogP contribution is -2.61. The largest absolute Gasteiger partial charge is 0.448 e. The highest BCUT2D eigenvalue weighted by Gasteiger charge is 2.67. The minimum Gasteiger partial charge on any atom is -0.448 e. The molecule has 1 saturated heterocycles. The summed E-state index contributed by atoms with van der Waals surface area (Å²) in [4.78, 5) is 26.9. The van der Waals surface area contributed by atoms with E-state index in [0.717, 1.165) is 24.8 Å². The monoisotopic (exact) mass is 481 g/mol. The lowest BCUT2D eigenvalue weighted by molar-refractivity contribution is -0.187. The average molecular weight is 482 g/mol. The number of esters is 1. The van der Waals surface area contributed by atoms with Crippen molar-refractivity contribution in [3.63, 3.8) is 0 Å². The van der Waals surface area contributed by atoms with E-state index in [1.165, 1.54) is 0 Å². The first-order chi connectivity index (χ1) is 16.7. The van der Waals surface area contributed by atoms with Crippen LogP contribution in [0.5, 0.6) is 0 Å². The molecule has 3 N–H and O–H groups in total. The van der Waals surface area contributed by atoms with Crippen LogP contribution in [-0.2, 0) is 20.7 Å². The third-order valence-corrected chi connectivity index (χ3v) is 8.32. The van der Waals surface area contributed by atoms with Gasteiger partial charge in [0.2, 0.25) is 5.60 Å². The molecule has 6 nitrogen and oxygen atoms in total. The molecule has 2 aliphatic heterocycles. The van der Waals surface area contributed by atoms with Crippen molar-refractivity contribution in [2.75, 3.05) is 0 Å². The SMILES string of the molecule is C=C1[C@@H](C)[C@H]2[C@H](Cc3ccccc3)NC(=O)[C@]23OC(=O)CC[C@H](O)CCC[C@@H](C)C/C=C/[C@H]3[C@@H]1O. The minimum atomic E-state index is -1.52. The van der Waals surface area contributed by atoms with Gasteiger partial charge in [-0.2, -0.15) is 0 Å². The van der Waals surface area contributed by atoms with Crippen LogP contribution in [0.3, 0.4) is 0 Å². The first-order valence-electron chi connectivity index (χ1n) is 13.0. The average Bonchev–Trinajstić information content (AvgIpc) is 3.09. The van der Waals surface area contributed by atoms with E-state index in [1.54, 1.807) is 0 Å². The van der Waals surface area contributed by atoms with Gasteiger partial charge in [-0.25, -0.2) is 0 Å². The van der Waals surface area contributed by atoms with Crippen LogP contribution < -0.4 is 5.32 Å². The molecule has 0 aromatic heterocycles. The van der Waals surface area contributed by atoms with Crippen LogP contribution in [0.15, 0.2) is 54.6 Å². The number of nitrogens with one attached hydrogen (secondary N) is 1. The maximum atomic E-state index is 13.8. The van der Waals surface area contributed by atoms with E-state index in [-0.39, 0.29) is 30.2 Å². The van der Waals surface area contributed by atoms with Crippen molar-refractivity contribution in [2.45, 2.75) is 82.6 Å². The lowest BCUT2D eigenvalue weighted by Gasteiger charge is -2.49. The van der Waals surface area contributed by atoms with E-state index in [0.29, 0.717) is 30.8 Å². The second-order valence-corrected chi connectivity index (χ2v) is 10.8. The number of hydrogen-bond donors (Lipinski definition) is 3. The quantitative estimate of drug-likeness (QED) is 0.442. The van der Waals surface area contributed by atoms with E-state index < -0.39 is 29.7 Å². The summed E-state index contributed by atoms with van der Waals surface area (Å²) in [6.45, 7) is 8.32. The van der Waals surface area contributed by atoms with Gasteiger partial charge in [-0.15, -0.1) is 0 Å². The topological polar surface area (TPSA) is 95.9 Å². The summed E-state index contributed by atoms with van der Waals surface area (Å²) >= 11 is 0. The van der Waals surface area contributed by atoms with Gasteiger partial charge in [-0.3, -0.25) is 9.59 Å². The zero-order valence-electron chi connectivity index (χ0n) is 20.9. The molecule has 1 spiro atoms. The molecule has 190 valence electrons. The Balaban J connectivity index is 1.75. The fraction of sp³-hybridized carbons (Fsp3) is 0.586. The molecule has 0 bridgehead atoms. The maximum Gasteiger partial charge on any atom is 0.306 e. The minimum absolute atomic E-state index is 0.0314. The van der Waals surface area contributed by atoms with Crippen molar-refractivity contribution < 1.29 is 24.5 Å². The first kappa shape index (κ1) is 25.6. The van der Waals surface area contributed by atoms with Crippen LogP contribution in [0, 0.1) is 23.7 Å². The van der Waals surface area contributed by atoms with Crippen LogP contribution in [-0.4, -0.2) is 45.9 Å². The molecule has 1 aliphatic carbocycles. The van der Waals surface area contributed by atoms with E-state index in [4.69, 9.17) is 4.74 Å². The Bertz CT molecular complexity index is 959. The van der Waals surface area contributed by atoms with E-state index in [2.05, 4.69) is 18.8 Å². The number of aliphatic hydroxyl groups excluding tert-OH is 2. The summed E-state index contributed by atoms with van der Waals surface area (Å²) in [5.41, 5.74) is 0.219. The molecule has 2 heterocycles. The Labute approximate surface area is 208 Å². The second-order valence-electron chi connectivity index (χ2n) is 10.8. The zero-order chi connectivity index (χ0) is 25.2. The van der Waals surface area contributed by atoms with Crippen molar-refractivity contribution in [3.8, 4) is 0 Å². The van der Waals surface area contributed by atoms with Gasteiger partial charge in [0, 0.05) is 18.4 Å². The lowest BCUT2D eigenvalue weighted by atomic mass is 9.59. The van der Waals surface area contributed by atoms with E-state index >= 15 is 0 Å². The van der Waals surface area contributed by atoms with Crippen LogP contribution in [0.2, 0.25) is 0 Å². The number of ether oxygens (including phenoxy) is 1. The number of carbonyl (C=O) groups is 2. The van der Waals surface area contributed by atoms with E-state index in [9.17, 15) is 19.8 Å². The zero-order valence-corrected chi connectivity index (χ0v) is 20.9. The summed E-state index contributed by atoms with van der Waals surface area (Å²) in [6.07, 6.45) is 6.53. The summed E-state index contributed by atoms with van der Waals surface area (Å²) in [5, 5.41) is 24.8. The molecule has 1 amide bonds. The van der Waals surface area contributed by atoms with Gasteiger partial charge < -0.3 is 20.3 Å². The molecule has 1 aromatic rings. The van der Waals surface area contributed by atoms with Crippen molar-refractivity contribution >= 4 is 11.9 Å². The maximum absolute atomic E-state index is 13.8. The molecular formula is C29H39NO5. The fourth-order valence-electron chi connectivity index (χ4n) is 6.30. The highest BCUT2D eigenvalue weighted by Crippen LogP contribution is 2.52. The Kier molecular flexibility index (Phi) is 7.82. The second kappa shape index (κ2) is 10.7. The molecule has 35 heavy (non-hydrogen) atoms. The van der Waals surface area contributed by atoms with Crippen LogP contribution in [0.1, 0.15) is 57.9 Å². The van der Waals surface area contributed by atoms with Crippen molar-refractivity contribution in [1.82, 2.24) is 5.32 Å². The van der Waals surface area contributed by atoms with Gasteiger partial charge in [0.25, 0.3) is 5.91 Å². The fourth-order valence-corrected chi connectivity index (χ4v) is 6.30. The number of allylic oxidation sites excluding steroid dienone is 1. The van der Waals surface area contributed by atoms with Gasteiger partial charge in [-0.05, 0) is 48.7 Å². The molecule has 6 heteroatoms. The number of aliphatic hydroxyl groups is 2. The van der Waals surface area contributed by atoms with Gasteiger partial charge in [0.1, 0.15) is 0 Å². The van der Waals surface area contributed by atoms with E-state index in [1.807, 2.05) is 49.4 Å². The molecule has 1 aromatic carbocycles. The number of amides is 1. The Morgan fingerprint density at radius 2 is 1.86 bits per heavy atom. The highest BCUT2D eigenvalue weighted by atomic mass is 16.6. The third kappa shape index (κ3) is 5.10. The van der Waals surface area contributed by atoms with Crippen molar-refractivity contribution in [1.29, 1.82) is 0 Å². The predicted molar refractivity (Wildman–Crippen MR) is 134 cm³/mol. The standard InChI is InChI=1S/C29H39NO5/c1-18-9-7-13-22(31)15-16-25(32)35-29-23(14-8-10-18)27(33)20(3)19(2)26(29)24(30-28(29)34)17-21-11-5-4-6-12-21/h4-6,8,11-12,14,18-19,22-24,26-27,31,33H,3,7,9-10,13,15-17H2,1-2H3,(H,30,34)/b14-8+/t18-,19-,22-,23+,24+,26+,27-,29-/m1/s1. The first-order valence-corrected chi connectivity index (χ1v) is 13.0. The number of hydrogen-bond acceptors (Lipinski definition) is 5. The Morgan fingerprint density at radius 3 is 2.60 bits per heavy atom.